The number of nitrogens with zero attached hydrogens (tertiary/aromatic N) is 2. The maximum Gasteiger partial charge on any atom is 0.317 e. The molecule has 1 aromatic rings. The van der Waals surface area contributed by atoms with Gasteiger partial charge < -0.3 is 5.11 Å². The van der Waals surface area contributed by atoms with Crippen LogP contribution in [0.15, 0.2) is 24.3 Å². The van der Waals surface area contributed by atoms with Crippen LogP contribution in [0, 0.1) is 16.0 Å². The van der Waals surface area contributed by atoms with Crippen molar-refractivity contribution in [2.24, 2.45) is 5.92 Å². The first-order chi connectivity index (χ1) is 12.7. The Hall–Kier alpha value is -2.04. The molecule has 0 spiro atoms. The van der Waals surface area contributed by atoms with Crippen LogP contribution in [0.3, 0.4) is 0 Å². The standard InChI is InChI=1S/C17H23N3O6S/c21-17(22)10-19(9-12-5-6-12)15-7-14(8-15)18-27(25,26)11-13-3-1-2-4-16(13)20(23)24/h1-4,12,14-15,18H,5-11H2,(H,21,22). The Kier molecular flexibility index (Phi) is 5.78. The Bertz CT molecular complexity index is 818. The summed E-state index contributed by atoms with van der Waals surface area (Å²) in [6, 6.07) is 5.57. The van der Waals surface area contributed by atoms with Gasteiger partial charge in [-0.1, -0.05) is 18.2 Å². The van der Waals surface area contributed by atoms with Crippen molar-refractivity contribution in [2.45, 2.75) is 43.5 Å². The van der Waals surface area contributed by atoms with Gasteiger partial charge in [-0.15, -0.1) is 0 Å². The van der Waals surface area contributed by atoms with Gasteiger partial charge in [-0.2, -0.15) is 0 Å². The highest BCUT2D eigenvalue weighted by atomic mass is 32.2. The molecular formula is C17H23N3O6S. The quantitative estimate of drug-likeness (QED) is 0.450. The fourth-order valence-corrected chi connectivity index (χ4v) is 4.88. The van der Waals surface area contributed by atoms with Crippen molar-refractivity contribution in [2.75, 3.05) is 13.1 Å². The van der Waals surface area contributed by atoms with Crippen LogP contribution in [0.1, 0.15) is 31.2 Å². The smallest absolute Gasteiger partial charge is 0.317 e. The van der Waals surface area contributed by atoms with E-state index >= 15 is 0 Å². The summed E-state index contributed by atoms with van der Waals surface area (Å²) in [6.45, 7) is 0.712. The fraction of sp³-hybridized carbons (Fsp3) is 0.588. The summed E-state index contributed by atoms with van der Waals surface area (Å²) in [5.41, 5.74) is -0.0708. The van der Waals surface area contributed by atoms with Crippen LogP contribution in [0.4, 0.5) is 5.69 Å². The van der Waals surface area contributed by atoms with Crippen LogP contribution in [-0.2, 0) is 20.6 Å². The highest BCUT2D eigenvalue weighted by Crippen LogP contribution is 2.34. The third-order valence-electron chi connectivity index (χ3n) is 5.04. The van der Waals surface area contributed by atoms with Crippen molar-refractivity contribution in [3.63, 3.8) is 0 Å². The van der Waals surface area contributed by atoms with Crippen molar-refractivity contribution >= 4 is 21.7 Å². The molecule has 0 amide bonds. The summed E-state index contributed by atoms with van der Waals surface area (Å²) in [6.07, 6.45) is 3.34. The number of benzene rings is 1. The highest BCUT2D eigenvalue weighted by Gasteiger charge is 2.38. The lowest BCUT2D eigenvalue weighted by molar-refractivity contribution is -0.385. The zero-order chi connectivity index (χ0) is 19.6. The predicted octanol–water partition coefficient (Wildman–Crippen LogP) is 1.34. The SMILES string of the molecule is O=C(O)CN(CC1CC1)C1CC(NS(=O)(=O)Cc2ccccc2[N+](=O)[O-])C1. The van der Waals surface area contributed by atoms with Gasteiger partial charge in [0.15, 0.2) is 0 Å². The number of sulfonamides is 1. The molecule has 148 valence electrons. The molecule has 1 aromatic carbocycles. The fourth-order valence-electron chi connectivity index (χ4n) is 3.44. The Labute approximate surface area is 157 Å². The molecule has 0 atom stereocenters. The number of hydrogen-bond acceptors (Lipinski definition) is 6. The molecule has 10 heteroatoms. The Morgan fingerprint density at radius 2 is 1.96 bits per heavy atom. The van der Waals surface area contributed by atoms with E-state index in [1.165, 1.54) is 18.2 Å². The highest BCUT2D eigenvalue weighted by molar-refractivity contribution is 7.88. The molecule has 0 radical (unpaired) electrons. The molecule has 0 aromatic heterocycles. The average Bonchev–Trinajstić information content (AvgIpc) is 3.33. The number of nitro benzene ring substituents is 1. The van der Waals surface area contributed by atoms with Crippen molar-refractivity contribution in [3.05, 3.63) is 39.9 Å². The molecule has 27 heavy (non-hydrogen) atoms. The molecule has 2 fully saturated rings. The Morgan fingerprint density at radius 3 is 2.56 bits per heavy atom. The molecule has 0 saturated heterocycles. The van der Waals surface area contributed by atoms with Crippen LogP contribution in [-0.4, -0.2) is 54.5 Å². The molecule has 2 saturated carbocycles. The number of para-hydroxylation sites is 1. The van der Waals surface area contributed by atoms with E-state index in [0.29, 0.717) is 18.8 Å². The molecule has 3 rings (SSSR count). The molecule has 0 unspecified atom stereocenters. The third kappa shape index (κ3) is 5.47. The zero-order valence-corrected chi connectivity index (χ0v) is 15.6. The van der Waals surface area contributed by atoms with E-state index in [1.807, 2.05) is 4.90 Å². The number of rotatable bonds is 10. The van der Waals surface area contributed by atoms with Crippen LogP contribution in [0.25, 0.3) is 0 Å². The number of nitrogens with one attached hydrogen (secondary N) is 1. The summed E-state index contributed by atoms with van der Waals surface area (Å²) in [5, 5.41) is 20.1. The summed E-state index contributed by atoms with van der Waals surface area (Å²) in [4.78, 5) is 23.4. The number of carboxylic acids is 1. The van der Waals surface area contributed by atoms with Gasteiger partial charge in [-0.05, 0) is 31.6 Å². The Morgan fingerprint density at radius 1 is 1.30 bits per heavy atom. The van der Waals surface area contributed by atoms with Gasteiger partial charge in [-0.3, -0.25) is 19.8 Å². The lowest BCUT2D eigenvalue weighted by atomic mass is 9.86. The molecule has 0 bridgehead atoms. The van der Waals surface area contributed by atoms with Crippen molar-refractivity contribution in [1.29, 1.82) is 0 Å². The molecular weight excluding hydrogens is 374 g/mol. The lowest BCUT2D eigenvalue weighted by Gasteiger charge is -2.42. The molecule has 0 heterocycles. The van der Waals surface area contributed by atoms with Gasteiger partial charge in [-0.25, -0.2) is 13.1 Å². The minimum absolute atomic E-state index is 0.0309. The van der Waals surface area contributed by atoms with E-state index in [1.54, 1.807) is 6.07 Å². The predicted molar refractivity (Wildman–Crippen MR) is 97.6 cm³/mol. The van der Waals surface area contributed by atoms with E-state index in [9.17, 15) is 23.3 Å². The van der Waals surface area contributed by atoms with Crippen LogP contribution >= 0.6 is 0 Å². The van der Waals surface area contributed by atoms with E-state index < -0.39 is 26.7 Å². The van der Waals surface area contributed by atoms with Crippen LogP contribution in [0.2, 0.25) is 0 Å². The molecule has 2 N–H and O–H groups in total. The topological polar surface area (TPSA) is 130 Å². The van der Waals surface area contributed by atoms with E-state index in [0.717, 1.165) is 19.4 Å². The number of aliphatic carboxylic acids is 1. The van der Waals surface area contributed by atoms with Crippen LogP contribution in [0.5, 0.6) is 0 Å². The van der Waals surface area contributed by atoms with Gasteiger partial charge in [0.25, 0.3) is 5.69 Å². The lowest BCUT2D eigenvalue weighted by Crippen LogP contribution is -2.55. The minimum atomic E-state index is -3.72. The number of nitro groups is 1. The maximum atomic E-state index is 12.4. The number of carbonyl (C=O) groups is 1. The molecule has 2 aliphatic carbocycles. The Balaban J connectivity index is 1.55. The number of carboxylic acid groups (broad SMARTS) is 1. The second-order valence-electron chi connectivity index (χ2n) is 7.35. The maximum absolute atomic E-state index is 12.4. The van der Waals surface area contributed by atoms with E-state index in [-0.39, 0.29) is 29.9 Å². The third-order valence-corrected chi connectivity index (χ3v) is 6.42. The summed E-state index contributed by atoms with van der Waals surface area (Å²) < 4.78 is 27.3. The van der Waals surface area contributed by atoms with Gasteiger partial charge in [0.1, 0.15) is 0 Å². The molecule has 0 aliphatic heterocycles. The normalized spacial score (nSPS) is 22.4. The average molecular weight is 397 g/mol. The van der Waals surface area contributed by atoms with Gasteiger partial charge in [0, 0.05) is 30.3 Å². The van der Waals surface area contributed by atoms with Gasteiger partial charge in [0.2, 0.25) is 10.0 Å². The van der Waals surface area contributed by atoms with E-state index in [4.69, 9.17) is 5.11 Å². The summed E-state index contributed by atoms with van der Waals surface area (Å²) >= 11 is 0. The number of hydrogen-bond donors (Lipinski definition) is 2. The monoisotopic (exact) mass is 397 g/mol. The summed E-state index contributed by atoms with van der Waals surface area (Å²) in [7, 11) is -3.72. The summed E-state index contributed by atoms with van der Waals surface area (Å²) in [5.74, 6) is -0.776. The zero-order valence-electron chi connectivity index (χ0n) is 14.8. The molecule has 2 aliphatic rings. The van der Waals surface area contributed by atoms with Gasteiger partial charge in [0.05, 0.1) is 17.2 Å². The second kappa shape index (κ2) is 7.91. The minimum Gasteiger partial charge on any atom is -0.480 e. The first-order valence-corrected chi connectivity index (χ1v) is 10.6. The van der Waals surface area contributed by atoms with E-state index in [2.05, 4.69) is 4.72 Å². The second-order valence-corrected chi connectivity index (χ2v) is 9.11. The largest absolute Gasteiger partial charge is 0.480 e. The van der Waals surface area contributed by atoms with Crippen molar-refractivity contribution in [3.8, 4) is 0 Å². The first kappa shape index (κ1) is 19.7. The first-order valence-electron chi connectivity index (χ1n) is 8.91. The van der Waals surface area contributed by atoms with Crippen molar-refractivity contribution in [1.82, 2.24) is 9.62 Å². The van der Waals surface area contributed by atoms with Crippen molar-refractivity contribution < 1.29 is 23.2 Å². The molecule has 9 nitrogen and oxygen atoms in total. The van der Waals surface area contributed by atoms with Gasteiger partial charge >= 0.3 is 5.97 Å². The van der Waals surface area contributed by atoms with Crippen LogP contribution < -0.4 is 4.72 Å².